The third-order valence-corrected chi connectivity index (χ3v) is 5.31. The third kappa shape index (κ3) is 3.80. The van der Waals surface area contributed by atoms with Gasteiger partial charge in [0.1, 0.15) is 24.0 Å². The molecule has 0 saturated carbocycles. The number of ether oxygens (including phenoxy) is 1. The maximum absolute atomic E-state index is 12.9. The zero-order valence-corrected chi connectivity index (χ0v) is 15.5. The Hall–Kier alpha value is -2.48. The van der Waals surface area contributed by atoms with Crippen molar-refractivity contribution in [1.82, 2.24) is 24.6 Å². The van der Waals surface area contributed by atoms with E-state index < -0.39 is 0 Å². The quantitative estimate of drug-likeness (QED) is 0.802. The number of hydrogen-bond acceptors (Lipinski definition) is 5. The average molecular weight is 373 g/mol. The Balaban J connectivity index is 1.35. The van der Waals surface area contributed by atoms with Crippen LogP contribution in [0.4, 0.5) is 4.39 Å². The maximum atomic E-state index is 12.9. The lowest BCUT2D eigenvalue weighted by Gasteiger charge is -2.29. The molecule has 0 N–H and O–H groups in total. The first-order valence-corrected chi connectivity index (χ1v) is 9.42. The van der Waals surface area contributed by atoms with Gasteiger partial charge in [0, 0.05) is 33.1 Å². The first kappa shape index (κ1) is 17.9. The van der Waals surface area contributed by atoms with Crippen molar-refractivity contribution in [3.63, 3.8) is 0 Å². The van der Waals surface area contributed by atoms with Crippen LogP contribution in [0.5, 0.6) is 5.75 Å². The van der Waals surface area contributed by atoms with Crippen molar-refractivity contribution < 1.29 is 13.9 Å². The number of benzene rings is 1. The fourth-order valence-electron chi connectivity index (χ4n) is 3.90. The van der Waals surface area contributed by atoms with Crippen LogP contribution in [0.3, 0.4) is 0 Å². The van der Waals surface area contributed by atoms with Crippen molar-refractivity contribution >= 4 is 5.91 Å². The summed E-state index contributed by atoms with van der Waals surface area (Å²) in [6.45, 7) is 6.14. The van der Waals surface area contributed by atoms with Gasteiger partial charge in [-0.3, -0.25) is 9.69 Å². The number of aromatic nitrogens is 3. The number of amides is 1. The first-order valence-electron chi connectivity index (χ1n) is 9.42. The van der Waals surface area contributed by atoms with Gasteiger partial charge in [-0.25, -0.2) is 4.39 Å². The Morgan fingerprint density at radius 3 is 2.81 bits per heavy atom. The van der Waals surface area contributed by atoms with Crippen molar-refractivity contribution in [1.29, 1.82) is 0 Å². The van der Waals surface area contributed by atoms with Crippen molar-refractivity contribution in [2.45, 2.75) is 38.9 Å². The van der Waals surface area contributed by atoms with Gasteiger partial charge in [-0.2, -0.15) is 0 Å². The number of nitrogens with zero attached hydrogens (tertiary/aromatic N) is 5. The van der Waals surface area contributed by atoms with Crippen LogP contribution < -0.4 is 4.74 Å². The zero-order chi connectivity index (χ0) is 18.8. The van der Waals surface area contributed by atoms with Crippen LogP contribution in [0.2, 0.25) is 0 Å². The van der Waals surface area contributed by atoms with E-state index in [1.165, 1.54) is 12.1 Å². The average Bonchev–Trinajstić information content (AvgIpc) is 3.29. The van der Waals surface area contributed by atoms with E-state index >= 15 is 0 Å². The van der Waals surface area contributed by atoms with E-state index in [4.69, 9.17) is 4.74 Å². The van der Waals surface area contributed by atoms with Gasteiger partial charge in [0.25, 0.3) is 0 Å². The maximum Gasteiger partial charge on any atom is 0.220 e. The lowest BCUT2D eigenvalue weighted by atomic mass is 10.2. The van der Waals surface area contributed by atoms with Crippen LogP contribution in [0.25, 0.3) is 0 Å². The first-order chi connectivity index (χ1) is 13.1. The topological polar surface area (TPSA) is 63.5 Å². The summed E-state index contributed by atoms with van der Waals surface area (Å²) in [5.41, 5.74) is 0. The molecule has 1 aromatic heterocycles. The zero-order valence-electron chi connectivity index (χ0n) is 15.5. The predicted molar refractivity (Wildman–Crippen MR) is 96.6 cm³/mol. The Morgan fingerprint density at radius 2 is 2.04 bits per heavy atom. The van der Waals surface area contributed by atoms with E-state index in [2.05, 4.69) is 19.7 Å². The molecule has 2 aliphatic heterocycles. The molecule has 4 rings (SSSR count). The van der Waals surface area contributed by atoms with Crippen LogP contribution in [-0.2, 0) is 17.9 Å². The number of halogens is 1. The van der Waals surface area contributed by atoms with E-state index in [1.807, 2.05) is 4.90 Å². The van der Waals surface area contributed by atoms with Gasteiger partial charge >= 0.3 is 0 Å². The Kier molecular flexibility index (Phi) is 5.07. The summed E-state index contributed by atoms with van der Waals surface area (Å²) in [6.07, 6.45) is 1.96. The number of hydrogen-bond donors (Lipinski definition) is 0. The minimum Gasteiger partial charge on any atom is -0.492 e. The Bertz CT molecular complexity index is 807. The Morgan fingerprint density at radius 1 is 1.22 bits per heavy atom. The molecule has 2 aliphatic rings. The second-order valence-corrected chi connectivity index (χ2v) is 7.08. The molecule has 7 nitrogen and oxygen atoms in total. The van der Waals surface area contributed by atoms with Crippen LogP contribution in [0.15, 0.2) is 24.3 Å². The molecule has 1 amide bonds. The number of rotatable bonds is 5. The van der Waals surface area contributed by atoms with Crippen LogP contribution >= 0.6 is 0 Å². The summed E-state index contributed by atoms with van der Waals surface area (Å²) in [5.74, 6) is 2.36. The van der Waals surface area contributed by atoms with E-state index in [-0.39, 0.29) is 17.8 Å². The van der Waals surface area contributed by atoms with Gasteiger partial charge < -0.3 is 14.2 Å². The molecular formula is C19H24FN5O2. The standard InChI is InChI=1S/C19H24FN5O2/c1-14(26)24-8-2-3-17(24)19-22-21-18-13-23(9-10-25(18)19)11-12-27-16-6-4-15(20)5-7-16/h4-7,17H,2-3,8-13H2,1H3. The molecule has 3 heterocycles. The summed E-state index contributed by atoms with van der Waals surface area (Å²) >= 11 is 0. The van der Waals surface area contributed by atoms with Gasteiger partial charge in [-0.15, -0.1) is 10.2 Å². The van der Waals surface area contributed by atoms with Crippen LogP contribution in [0.1, 0.15) is 37.5 Å². The lowest BCUT2D eigenvalue weighted by Crippen LogP contribution is -2.38. The minimum absolute atomic E-state index is 0.0529. The summed E-state index contributed by atoms with van der Waals surface area (Å²) in [5, 5.41) is 8.78. The second-order valence-electron chi connectivity index (χ2n) is 7.08. The van der Waals surface area contributed by atoms with Crippen molar-refractivity contribution in [3.05, 3.63) is 41.7 Å². The SMILES string of the molecule is CC(=O)N1CCCC1c1nnc2n1CCN(CCOc1ccc(F)cc1)C2. The molecule has 2 aromatic rings. The van der Waals surface area contributed by atoms with Gasteiger partial charge in [0.2, 0.25) is 5.91 Å². The fourth-order valence-corrected chi connectivity index (χ4v) is 3.90. The number of carbonyl (C=O) groups excluding carboxylic acids is 1. The lowest BCUT2D eigenvalue weighted by molar-refractivity contribution is -0.129. The smallest absolute Gasteiger partial charge is 0.220 e. The molecule has 0 spiro atoms. The normalized spacial score (nSPS) is 19.9. The van der Waals surface area contributed by atoms with Gasteiger partial charge in [-0.05, 0) is 37.1 Å². The molecule has 1 aromatic carbocycles. The molecule has 0 aliphatic carbocycles. The van der Waals surface area contributed by atoms with Gasteiger partial charge in [-0.1, -0.05) is 0 Å². The molecule has 144 valence electrons. The highest BCUT2D eigenvalue weighted by molar-refractivity contribution is 5.74. The van der Waals surface area contributed by atoms with Crippen molar-refractivity contribution in [3.8, 4) is 5.75 Å². The molecular weight excluding hydrogens is 349 g/mol. The molecule has 1 atom stereocenters. The fraction of sp³-hybridized carbons (Fsp3) is 0.526. The van der Waals surface area contributed by atoms with Crippen molar-refractivity contribution in [2.24, 2.45) is 0 Å². The van der Waals surface area contributed by atoms with E-state index in [1.54, 1.807) is 19.1 Å². The molecule has 0 bridgehead atoms. The molecule has 1 unspecified atom stereocenters. The van der Waals surface area contributed by atoms with Crippen LogP contribution in [-0.4, -0.2) is 56.7 Å². The van der Waals surface area contributed by atoms with E-state index in [0.29, 0.717) is 18.9 Å². The Labute approximate surface area is 157 Å². The summed E-state index contributed by atoms with van der Waals surface area (Å²) in [6, 6.07) is 6.12. The largest absolute Gasteiger partial charge is 0.492 e. The highest BCUT2D eigenvalue weighted by Crippen LogP contribution is 2.32. The number of carbonyl (C=O) groups is 1. The molecule has 1 fully saturated rings. The number of fused-ring (bicyclic) bond motifs is 1. The number of likely N-dealkylation sites (tertiary alicyclic amines) is 1. The van der Waals surface area contributed by atoms with E-state index in [9.17, 15) is 9.18 Å². The summed E-state index contributed by atoms with van der Waals surface area (Å²) in [7, 11) is 0. The molecule has 8 heteroatoms. The molecule has 0 radical (unpaired) electrons. The molecule has 27 heavy (non-hydrogen) atoms. The van der Waals surface area contributed by atoms with E-state index in [0.717, 1.165) is 50.7 Å². The van der Waals surface area contributed by atoms with Crippen LogP contribution in [0, 0.1) is 5.82 Å². The highest BCUT2D eigenvalue weighted by atomic mass is 19.1. The van der Waals surface area contributed by atoms with Crippen molar-refractivity contribution in [2.75, 3.05) is 26.2 Å². The summed E-state index contributed by atoms with van der Waals surface area (Å²) in [4.78, 5) is 16.0. The summed E-state index contributed by atoms with van der Waals surface area (Å²) < 4.78 is 20.8. The van der Waals surface area contributed by atoms with Gasteiger partial charge in [0.05, 0.1) is 12.6 Å². The molecule has 1 saturated heterocycles. The predicted octanol–water partition coefficient (Wildman–Crippen LogP) is 2.00. The monoisotopic (exact) mass is 373 g/mol. The highest BCUT2D eigenvalue weighted by Gasteiger charge is 2.33. The minimum atomic E-state index is -0.265. The second kappa shape index (κ2) is 7.64. The van der Waals surface area contributed by atoms with Gasteiger partial charge in [0.15, 0.2) is 5.82 Å². The third-order valence-electron chi connectivity index (χ3n) is 5.31.